The Hall–Kier alpha value is -2.30. The molecule has 0 unspecified atom stereocenters. The Morgan fingerprint density at radius 1 is 1.15 bits per heavy atom. The van der Waals surface area contributed by atoms with Gasteiger partial charge in [-0.3, -0.25) is 4.98 Å². The van der Waals surface area contributed by atoms with Gasteiger partial charge in [0.1, 0.15) is 5.75 Å². The van der Waals surface area contributed by atoms with E-state index in [1.807, 2.05) is 18.5 Å². The summed E-state index contributed by atoms with van der Waals surface area (Å²) < 4.78 is 5.91. The first-order valence-corrected chi connectivity index (χ1v) is 9.18. The lowest BCUT2D eigenvalue weighted by Crippen LogP contribution is -2.15. The van der Waals surface area contributed by atoms with Crippen LogP contribution in [0.5, 0.6) is 5.75 Å². The molecule has 134 valence electrons. The van der Waals surface area contributed by atoms with Crippen molar-refractivity contribution in [3.63, 3.8) is 0 Å². The highest BCUT2D eigenvalue weighted by molar-refractivity contribution is 6.39. The second-order valence-corrected chi connectivity index (χ2v) is 7.41. The number of aryl methyl sites for hydroxylation is 1. The number of halogens is 1. The van der Waals surface area contributed by atoms with Crippen molar-refractivity contribution in [2.24, 2.45) is 0 Å². The first kappa shape index (κ1) is 17.1. The highest BCUT2D eigenvalue weighted by atomic mass is 35.5. The third-order valence-electron chi connectivity index (χ3n) is 4.73. The molecule has 0 aliphatic heterocycles. The number of fused-ring (bicyclic) bond motifs is 5. The molecule has 2 aromatic carbocycles. The Morgan fingerprint density at radius 3 is 2.81 bits per heavy atom. The SMILES string of the molecule is Cc1cncc2c1[nH]c1ccc3cc(OCCCN(C)C)cc(Cl)c3c12. The smallest absolute Gasteiger partial charge is 0.121 e. The average molecular weight is 368 g/mol. The molecule has 0 saturated carbocycles. The van der Waals surface area contributed by atoms with E-state index in [9.17, 15) is 0 Å². The fraction of sp³-hybridized carbons (Fsp3) is 0.286. The number of aromatic nitrogens is 2. The predicted octanol–water partition coefficient (Wildman–Crippen LogP) is 5.16. The molecular formula is C21H22ClN3O. The molecule has 2 aromatic heterocycles. The zero-order valence-corrected chi connectivity index (χ0v) is 16.0. The molecular weight excluding hydrogens is 346 g/mol. The molecule has 0 bridgehead atoms. The lowest BCUT2D eigenvalue weighted by atomic mass is 10.0. The standard InChI is InChI=1S/C21H22ClN3O/c1-13-11-23-12-16-20-18(24-21(13)16)6-5-14-9-15(10-17(22)19(14)20)26-8-4-7-25(2)3/h5-6,9-12,24H,4,7-8H2,1-3H3. The Balaban J connectivity index is 1.79. The average Bonchev–Trinajstić information content (AvgIpc) is 2.98. The minimum absolute atomic E-state index is 0.679. The second-order valence-electron chi connectivity index (χ2n) is 7.00. The molecule has 2 heterocycles. The maximum absolute atomic E-state index is 6.68. The zero-order chi connectivity index (χ0) is 18.3. The van der Waals surface area contributed by atoms with Crippen molar-refractivity contribution in [1.29, 1.82) is 0 Å². The van der Waals surface area contributed by atoms with Gasteiger partial charge in [0.2, 0.25) is 0 Å². The van der Waals surface area contributed by atoms with Crippen LogP contribution in [0.3, 0.4) is 0 Å². The van der Waals surface area contributed by atoms with Crippen molar-refractivity contribution in [3.8, 4) is 5.75 Å². The molecule has 4 nitrogen and oxygen atoms in total. The van der Waals surface area contributed by atoms with E-state index in [1.165, 1.54) is 0 Å². The van der Waals surface area contributed by atoms with E-state index in [2.05, 4.69) is 54.1 Å². The summed E-state index contributed by atoms with van der Waals surface area (Å²) in [6, 6.07) is 8.18. The van der Waals surface area contributed by atoms with Gasteiger partial charge in [0.15, 0.2) is 0 Å². The molecule has 0 spiro atoms. The van der Waals surface area contributed by atoms with E-state index in [4.69, 9.17) is 16.3 Å². The number of benzene rings is 2. The van der Waals surface area contributed by atoms with Gasteiger partial charge in [-0.2, -0.15) is 0 Å². The van der Waals surface area contributed by atoms with Crippen LogP contribution in [0.25, 0.3) is 32.6 Å². The molecule has 4 rings (SSSR count). The number of nitrogens with zero attached hydrogens (tertiary/aromatic N) is 2. The summed E-state index contributed by atoms with van der Waals surface area (Å²) in [5, 5.41) is 5.06. The number of H-pyrrole nitrogens is 1. The molecule has 0 radical (unpaired) electrons. The van der Waals surface area contributed by atoms with Crippen LogP contribution >= 0.6 is 11.6 Å². The van der Waals surface area contributed by atoms with E-state index in [-0.39, 0.29) is 0 Å². The fourth-order valence-electron chi connectivity index (χ4n) is 3.48. The number of hydrogen-bond acceptors (Lipinski definition) is 3. The van der Waals surface area contributed by atoms with Gasteiger partial charge in [-0.25, -0.2) is 0 Å². The third-order valence-corrected chi connectivity index (χ3v) is 5.02. The number of aromatic amines is 1. The summed E-state index contributed by atoms with van der Waals surface area (Å²) in [7, 11) is 4.13. The Kier molecular flexibility index (Phi) is 4.47. The van der Waals surface area contributed by atoms with Gasteiger partial charge in [-0.15, -0.1) is 0 Å². The summed E-state index contributed by atoms with van der Waals surface area (Å²) in [5.74, 6) is 0.815. The van der Waals surface area contributed by atoms with Crippen LogP contribution in [-0.4, -0.2) is 42.1 Å². The van der Waals surface area contributed by atoms with Crippen LogP contribution in [0.15, 0.2) is 36.7 Å². The van der Waals surface area contributed by atoms with Gasteiger partial charge in [-0.05, 0) is 56.6 Å². The molecule has 0 fully saturated rings. The molecule has 0 atom stereocenters. The Labute approximate surface area is 157 Å². The van der Waals surface area contributed by atoms with E-state index >= 15 is 0 Å². The summed E-state index contributed by atoms with van der Waals surface area (Å²) in [6.45, 7) is 3.75. The van der Waals surface area contributed by atoms with Gasteiger partial charge in [0.25, 0.3) is 0 Å². The fourth-order valence-corrected chi connectivity index (χ4v) is 3.79. The molecule has 0 saturated heterocycles. The predicted molar refractivity (Wildman–Crippen MR) is 110 cm³/mol. The van der Waals surface area contributed by atoms with Crippen LogP contribution in [0, 0.1) is 6.92 Å². The third kappa shape index (κ3) is 3.00. The zero-order valence-electron chi connectivity index (χ0n) is 15.3. The minimum atomic E-state index is 0.679. The quantitative estimate of drug-likeness (QED) is 0.495. The number of pyridine rings is 1. The monoisotopic (exact) mass is 367 g/mol. The highest BCUT2D eigenvalue weighted by Crippen LogP contribution is 2.38. The van der Waals surface area contributed by atoms with Crippen molar-refractivity contribution in [2.45, 2.75) is 13.3 Å². The van der Waals surface area contributed by atoms with Crippen molar-refractivity contribution in [3.05, 3.63) is 47.2 Å². The second kappa shape index (κ2) is 6.78. The number of rotatable bonds is 5. The Morgan fingerprint density at radius 2 is 2.00 bits per heavy atom. The normalized spacial score (nSPS) is 11.9. The Bertz CT molecular complexity index is 1100. The maximum atomic E-state index is 6.68. The number of hydrogen-bond donors (Lipinski definition) is 1. The summed E-state index contributed by atoms with van der Waals surface area (Å²) in [6.07, 6.45) is 4.76. The molecule has 0 aliphatic carbocycles. The highest BCUT2D eigenvalue weighted by Gasteiger charge is 2.13. The van der Waals surface area contributed by atoms with Crippen LogP contribution < -0.4 is 4.74 Å². The number of ether oxygens (including phenoxy) is 1. The van der Waals surface area contributed by atoms with Crippen molar-refractivity contribution in [2.75, 3.05) is 27.2 Å². The van der Waals surface area contributed by atoms with Crippen LogP contribution in [-0.2, 0) is 0 Å². The number of nitrogens with one attached hydrogen (secondary N) is 1. The van der Waals surface area contributed by atoms with E-state index in [0.717, 1.165) is 56.9 Å². The molecule has 4 aromatic rings. The lowest BCUT2D eigenvalue weighted by molar-refractivity contribution is 0.282. The van der Waals surface area contributed by atoms with Crippen molar-refractivity contribution >= 4 is 44.2 Å². The van der Waals surface area contributed by atoms with Gasteiger partial charge in [-0.1, -0.05) is 17.7 Å². The minimum Gasteiger partial charge on any atom is -0.493 e. The van der Waals surface area contributed by atoms with E-state index in [0.29, 0.717) is 11.6 Å². The summed E-state index contributed by atoms with van der Waals surface area (Å²) in [4.78, 5) is 10.0. The molecule has 5 heteroatoms. The van der Waals surface area contributed by atoms with Crippen molar-refractivity contribution in [1.82, 2.24) is 14.9 Å². The van der Waals surface area contributed by atoms with Crippen LogP contribution in [0.1, 0.15) is 12.0 Å². The maximum Gasteiger partial charge on any atom is 0.121 e. The summed E-state index contributed by atoms with van der Waals surface area (Å²) >= 11 is 6.68. The summed E-state index contributed by atoms with van der Waals surface area (Å²) in [5.41, 5.74) is 3.32. The van der Waals surface area contributed by atoms with Crippen molar-refractivity contribution < 1.29 is 4.74 Å². The first-order valence-electron chi connectivity index (χ1n) is 8.80. The largest absolute Gasteiger partial charge is 0.493 e. The first-order chi connectivity index (χ1) is 12.5. The van der Waals surface area contributed by atoms with E-state index < -0.39 is 0 Å². The van der Waals surface area contributed by atoms with Gasteiger partial charge >= 0.3 is 0 Å². The van der Waals surface area contributed by atoms with Gasteiger partial charge in [0, 0.05) is 40.6 Å². The molecule has 1 N–H and O–H groups in total. The van der Waals surface area contributed by atoms with Gasteiger partial charge < -0.3 is 14.6 Å². The van der Waals surface area contributed by atoms with Gasteiger partial charge in [0.05, 0.1) is 17.1 Å². The molecule has 0 amide bonds. The van der Waals surface area contributed by atoms with E-state index in [1.54, 1.807) is 0 Å². The molecule has 0 aliphatic rings. The lowest BCUT2D eigenvalue weighted by Gasteiger charge is -2.12. The topological polar surface area (TPSA) is 41.1 Å². The van der Waals surface area contributed by atoms with Crippen LogP contribution in [0.4, 0.5) is 0 Å². The van der Waals surface area contributed by atoms with Crippen LogP contribution in [0.2, 0.25) is 5.02 Å². The molecule has 26 heavy (non-hydrogen) atoms.